The summed E-state index contributed by atoms with van der Waals surface area (Å²) in [4.78, 5) is 0. The lowest BCUT2D eigenvalue weighted by Gasteiger charge is -2.24. The first-order chi connectivity index (χ1) is 9.17. The van der Waals surface area contributed by atoms with E-state index in [-0.39, 0.29) is 30.4 Å². The Morgan fingerprint density at radius 3 is 2.47 bits per heavy atom. The van der Waals surface area contributed by atoms with Crippen LogP contribution >= 0.6 is 0 Å². The van der Waals surface area contributed by atoms with Crippen LogP contribution in [0.3, 0.4) is 0 Å². The zero-order chi connectivity index (χ0) is 14.3. The van der Waals surface area contributed by atoms with Crippen LogP contribution in [-0.4, -0.2) is 72.8 Å². The molecule has 0 aromatic rings. The van der Waals surface area contributed by atoms with E-state index in [0.29, 0.717) is 13.2 Å². The van der Waals surface area contributed by atoms with Crippen molar-refractivity contribution in [2.24, 2.45) is 0 Å². The van der Waals surface area contributed by atoms with Gasteiger partial charge in [-0.15, -0.1) is 0 Å². The van der Waals surface area contributed by atoms with Crippen LogP contribution in [0.5, 0.6) is 0 Å². The lowest BCUT2D eigenvalue weighted by atomic mass is 9.92. The Bertz CT molecular complexity index is 241. The van der Waals surface area contributed by atoms with Crippen molar-refractivity contribution >= 4 is 7.85 Å². The minimum atomic E-state index is -0.0888. The fourth-order valence-corrected chi connectivity index (χ4v) is 2.53. The zero-order valence-corrected chi connectivity index (χ0v) is 12.8. The maximum atomic E-state index is 5.97. The molecule has 1 fully saturated rings. The Kier molecular flexibility index (Phi) is 7.94. The lowest BCUT2D eigenvalue weighted by Crippen LogP contribution is -2.40. The van der Waals surface area contributed by atoms with Crippen LogP contribution in [0.15, 0.2) is 0 Å². The van der Waals surface area contributed by atoms with Crippen LogP contribution < -0.4 is 0 Å². The fourth-order valence-electron chi connectivity index (χ4n) is 2.53. The van der Waals surface area contributed by atoms with E-state index < -0.39 is 0 Å². The van der Waals surface area contributed by atoms with Crippen molar-refractivity contribution in [2.45, 2.75) is 50.2 Å². The molecule has 112 valence electrons. The second kappa shape index (κ2) is 8.92. The summed E-state index contributed by atoms with van der Waals surface area (Å²) in [5.74, 6) is 0. The quantitative estimate of drug-likeness (QED) is 0.562. The monoisotopic (exact) mass is 274 g/mol. The van der Waals surface area contributed by atoms with Gasteiger partial charge in [0.05, 0.1) is 25.3 Å². The Labute approximate surface area is 117 Å². The van der Waals surface area contributed by atoms with Crippen LogP contribution in [0.4, 0.5) is 0 Å². The molecule has 6 heteroatoms. The van der Waals surface area contributed by atoms with Gasteiger partial charge in [0, 0.05) is 21.3 Å². The minimum absolute atomic E-state index is 0.00392. The minimum Gasteiger partial charge on any atom is -0.382 e. The van der Waals surface area contributed by atoms with E-state index in [0.717, 1.165) is 12.8 Å². The van der Waals surface area contributed by atoms with Gasteiger partial charge in [0.1, 0.15) is 26.2 Å². The number of hydrogen-bond donors (Lipinski definition) is 0. The van der Waals surface area contributed by atoms with Gasteiger partial charge in [-0.1, -0.05) is 13.3 Å². The largest absolute Gasteiger partial charge is 0.382 e. The highest BCUT2D eigenvalue weighted by molar-refractivity contribution is 6.11. The molecule has 0 amide bonds. The third kappa shape index (κ3) is 4.72. The predicted molar refractivity (Wildman–Crippen MR) is 75.3 cm³/mol. The first-order valence-corrected chi connectivity index (χ1v) is 6.99. The summed E-state index contributed by atoms with van der Waals surface area (Å²) in [7, 11) is 7.08. The molecule has 5 atom stereocenters. The summed E-state index contributed by atoms with van der Waals surface area (Å²) in [6.07, 6.45) is 1.99. The highest BCUT2D eigenvalue weighted by Gasteiger charge is 2.43. The Morgan fingerprint density at radius 2 is 1.95 bits per heavy atom. The highest BCUT2D eigenvalue weighted by Crippen LogP contribution is 2.25. The Balaban J connectivity index is 2.50. The molecule has 0 aromatic heterocycles. The third-order valence-corrected chi connectivity index (χ3v) is 3.56. The van der Waals surface area contributed by atoms with Gasteiger partial charge in [-0.25, -0.2) is 0 Å². The molecule has 1 unspecified atom stereocenters. The molecular weight excluding hydrogens is 247 g/mol. The van der Waals surface area contributed by atoms with Crippen LogP contribution in [0.25, 0.3) is 0 Å². The summed E-state index contributed by atoms with van der Waals surface area (Å²) in [6.45, 7) is 3.23. The maximum absolute atomic E-state index is 5.97. The van der Waals surface area contributed by atoms with Crippen molar-refractivity contribution in [3.63, 3.8) is 0 Å². The molecule has 5 nitrogen and oxygen atoms in total. The van der Waals surface area contributed by atoms with Gasteiger partial charge in [0.2, 0.25) is 0 Å². The molecule has 1 heterocycles. The molecule has 1 aliphatic rings. The van der Waals surface area contributed by atoms with Crippen molar-refractivity contribution in [3.8, 4) is 0 Å². The molecule has 0 saturated carbocycles. The topological polar surface area (TPSA) is 46.2 Å². The van der Waals surface area contributed by atoms with Crippen LogP contribution in [0, 0.1) is 0 Å². The summed E-state index contributed by atoms with van der Waals surface area (Å²) >= 11 is 0. The van der Waals surface area contributed by atoms with Crippen LogP contribution in [0.2, 0.25) is 0 Å². The summed E-state index contributed by atoms with van der Waals surface area (Å²) in [5, 5.41) is 0. The molecule has 0 radical (unpaired) electrons. The zero-order valence-electron chi connectivity index (χ0n) is 12.8. The number of methoxy groups -OCH3 is 3. The van der Waals surface area contributed by atoms with Crippen LogP contribution in [0.1, 0.15) is 19.8 Å². The number of hydrogen-bond acceptors (Lipinski definition) is 5. The molecule has 0 N–H and O–H groups in total. The summed E-state index contributed by atoms with van der Waals surface area (Å²) < 4.78 is 27.9. The lowest BCUT2D eigenvalue weighted by molar-refractivity contribution is -0.0802. The van der Waals surface area contributed by atoms with E-state index in [2.05, 4.69) is 6.92 Å². The predicted octanol–water partition coefficient (Wildman–Crippen LogP) is 0.206. The standard InChI is InChI=1S/C13H27BO5/c1-5-6-9(16-3)7-18-12-11(17-4)10(8-15-2)19-13(12)14/h9-13H,5-8,14H2,1-4H3/t9-,10+,11?,12-,13+/m0/s1. The van der Waals surface area contributed by atoms with Gasteiger partial charge in [-0.05, 0) is 6.42 Å². The normalized spacial score (nSPS) is 32.6. The Hall–Kier alpha value is -0.135. The van der Waals surface area contributed by atoms with E-state index >= 15 is 0 Å². The average Bonchev–Trinajstić information content (AvgIpc) is 2.70. The molecule has 0 bridgehead atoms. The van der Waals surface area contributed by atoms with Gasteiger partial charge in [0.15, 0.2) is 0 Å². The molecule has 1 aliphatic heterocycles. The van der Waals surface area contributed by atoms with E-state index in [1.807, 2.05) is 7.85 Å². The molecule has 1 rings (SSSR count). The summed E-state index contributed by atoms with van der Waals surface area (Å²) in [5.41, 5.74) is 0. The average molecular weight is 274 g/mol. The van der Waals surface area contributed by atoms with Crippen molar-refractivity contribution in [3.05, 3.63) is 0 Å². The summed E-state index contributed by atoms with van der Waals surface area (Å²) in [6, 6.07) is 0.00392. The third-order valence-electron chi connectivity index (χ3n) is 3.56. The molecule has 0 spiro atoms. The van der Waals surface area contributed by atoms with Gasteiger partial charge in [-0.2, -0.15) is 0 Å². The smallest absolute Gasteiger partial charge is 0.142 e. The van der Waals surface area contributed by atoms with Gasteiger partial charge >= 0.3 is 0 Å². The Morgan fingerprint density at radius 1 is 1.21 bits per heavy atom. The first-order valence-electron chi connectivity index (χ1n) is 6.99. The molecular formula is C13H27BO5. The molecule has 0 aromatic carbocycles. The number of rotatable bonds is 9. The van der Waals surface area contributed by atoms with Crippen molar-refractivity contribution < 1.29 is 23.7 Å². The first kappa shape index (κ1) is 16.9. The van der Waals surface area contributed by atoms with Gasteiger partial charge < -0.3 is 23.7 Å². The second-order valence-electron chi connectivity index (χ2n) is 4.98. The van der Waals surface area contributed by atoms with Crippen molar-refractivity contribution in [2.75, 3.05) is 34.5 Å². The van der Waals surface area contributed by atoms with Gasteiger partial charge in [0.25, 0.3) is 0 Å². The van der Waals surface area contributed by atoms with Gasteiger partial charge in [-0.3, -0.25) is 0 Å². The maximum Gasteiger partial charge on any atom is 0.142 e. The van der Waals surface area contributed by atoms with Crippen molar-refractivity contribution in [1.29, 1.82) is 0 Å². The fraction of sp³-hybridized carbons (Fsp3) is 1.00. The highest BCUT2D eigenvalue weighted by atomic mass is 16.6. The van der Waals surface area contributed by atoms with Crippen molar-refractivity contribution in [1.82, 2.24) is 0 Å². The number of ether oxygens (including phenoxy) is 5. The van der Waals surface area contributed by atoms with E-state index in [4.69, 9.17) is 23.7 Å². The van der Waals surface area contributed by atoms with E-state index in [1.54, 1.807) is 21.3 Å². The molecule has 0 aliphatic carbocycles. The second-order valence-corrected chi connectivity index (χ2v) is 4.98. The van der Waals surface area contributed by atoms with E-state index in [1.165, 1.54) is 0 Å². The SMILES string of the molecule is B[C@@H]1O[C@H](COC)C(OC)[C@@H]1OC[C@H](CCC)OC. The van der Waals surface area contributed by atoms with E-state index in [9.17, 15) is 0 Å². The molecule has 19 heavy (non-hydrogen) atoms. The molecule has 1 saturated heterocycles. The van der Waals surface area contributed by atoms with Crippen LogP contribution in [-0.2, 0) is 23.7 Å².